The largest absolute Gasteiger partial charge is 0.491 e. The molecule has 1 aromatic carbocycles. The van der Waals surface area contributed by atoms with Crippen LogP contribution < -0.4 is 10.1 Å². The topological polar surface area (TPSA) is 67.8 Å². The molecule has 0 amide bonds. The molecular formula is C15H22ClNO4. The minimum Gasteiger partial charge on any atom is -0.491 e. The van der Waals surface area contributed by atoms with Crippen LogP contribution in [0.2, 0.25) is 5.02 Å². The van der Waals surface area contributed by atoms with Gasteiger partial charge in [0.1, 0.15) is 24.5 Å². The minimum atomic E-state index is -0.724. The quantitative estimate of drug-likeness (QED) is 0.718. The van der Waals surface area contributed by atoms with Crippen molar-refractivity contribution in [1.82, 2.24) is 5.32 Å². The fraction of sp³-hybridized carbons (Fsp3) is 0.533. The zero-order valence-electron chi connectivity index (χ0n) is 12.6. The van der Waals surface area contributed by atoms with E-state index in [1.807, 2.05) is 13.0 Å². The summed E-state index contributed by atoms with van der Waals surface area (Å²) in [7, 11) is 0. The number of ether oxygens (including phenoxy) is 2. The van der Waals surface area contributed by atoms with E-state index in [9.17, 15) is 9.90 Å². The SMILES string of the molecule is CCOC(=O)C(C)NCC(O)COc1ccc(Cl)c(C)c1. The Hall–Kier alpha value is -1.30. The van der Waals surface area contributed by atoms with E-state index in [2.05, 4.69) is 5.32 Å². The summed E-state index contributed by atoms with van der Waals surface area (Å²) < 4.78 is 10.3. The summed E-state index contributed by atoms with van der Waals surface area (Å²) in [5.41, 5.74) is 0.915. The molecular weight excluding hydrogens is 294 g/mol. The number of carbonyl (C=O) groups is 1. The summed E-state index contributed by atoms with van der Waals surface area (Å²) in [6.45, 7) is 6.03. The first-order chi connectivity index (χ1) is 9.93. The molecule has 2 atom stereocenters. The zero-order chi connectivity index (χ0) is 15.8. The predicted octanol–water partition coefficient (Wildman–Crippen LogP) is 1.93. The molecule has 0 spiro atoms. The molecule has 0 radical (unpaired) electrons. The van der Waals surface area contributed by atoms with Crippen LogP contribution in [0.3, 0.4) is 0 Å². The molecule has 0 saturated carbocycles. The maximum absolute atomic E-state index is 11.4. The molecule has 0 aliphatic rings. The first kappa shape index (κ1) is 17.8. The first-order valence-electron chi connectivity index (χ1n) is 6.91. The number of halogens is 1. The molecule has 0 heterocycles. The number of hydrogen-bond donors (Lipinski definition) is 2. The summed E-state index contributed by atoms with van der Waals surface area (Å²) in [6.07, 6.45) is -0.724. The summed E-state index contributed by atoms with van der Waals surface area (Å²) in [5, 5.41) is 13.4. The maximum atomic E-state index is 11.4. The monoisotopic (exact) mass is 315 g/mol. The Bertz CT molecular complexity index is 467. The van der Waals surface area contributed by atoms with E-state index in [1.54, 1.807) is 26.0 Å². The molecule has 1 aromatic rings. The summed E-state index contributed by atoms with van der Waals surface area (Å²) in [6, 6.07) is 4.84. The summed E-state index contributed by atoms with van der Waals surface area (Å²) in [5.74, 6) is 0.313. The highest BCUT2D eigenvalue weighted by Crippen LogP contribution is 2.21. The Balaban J connectivity index is 2.32. The molecule has 2 unspecified atom stereocenters. The molecule has 0 saturated heterocycles. The molecule has 5 nitrogen and oxygen atoms in total. The van der Waals surface area contributed by atoms with Gasteiger partial charge in [0, 0.05) is 11.6 Å². The van der Waals surface area contributed by atoms with Crippen LogP contribution in [0.4, 0.5) is 0 Å². The molecule has 1 rings (SSSR count). The fourth-order valence-electron chi connectivity index (χ4n) is 1.62. The smallest absolute Gasteiger partial charge is 0.322 e. The van der Waals surface area contributed by atoms with Crippen LogP contribution in [0.5, 0.6) is 5.75 Å². The first-order valence-corrected chi connectivity index (χ1v) is 7.28. The Morgan fingerprint density at radius 2 is 2.19 bits per heavy atom. The average molecular weight is 316 g/mol. The second kappa shape index (κ2) is 8.87. The van der Waals surface area contributed by atoms with E-state index < -0.39 is 12.1 Å². The lowest BCUT2D eigenvalue weighted by atomic mass is 10.2. The number of esters is 1. The molecule has 21 heavy (non-hydrogen) atoms. The van der Waals surface area contributed by atoms with E-state index in [0.29, 0.717) is 17.4 Å². The van der Waals surface area contributed by atoms with E-state index >= 15 is 0 Å². The van der Waals surface area contributed by atoms with Crippen LogP contribution in [0.25, 0.3) is 0 Å². The summed E-state index contributed by atoms with van der Waals surface area (Å²) in [4.78, 5) is 11.4. The summed E-state index contributed by atoms with van der Waals surface area (Å²) >= 11 is 5.92. The van der Waals surface area contributed by atoms with Crippen molar-refractivity contribution in [1.29, 1.82) is 0 Å². The lowest BCUT2D eigenvalue weighted by Crippen LogP contribution is -2.41. The molecule has 0 bridgehead atoms. The van der Waals surface area contributed by atoms with Crippen LogP contribution in [-0.2, 0) is 9.53 Å². The third kappa shape index (κ3) is 6.33. The van der Waals surface area contributed by atoms with Crippen molar-refractivity contribution in [3.8, 4) is 5.75 Å². The molecule has 0 aromatic heterocycles. The van der Waals surface area contributed by atoms with Gasteiger partial charge in [0.2, 0.25) is 0 Å². The van der Waals surface area contributed by atoms with Gasteiger partial charge in [0.25, 0.3) is 0 Å². The average Bonchev–Trinajstić information content (AvgIpc) is 2.46. The van der Waals surface area contributed by atoms with Gasteiger partial charge in [-0.05, 0) is 44.5 Å². The highest BCUT2D eigenvalue weighted by molar-refractivity contribution is 6.31. The highest BCUT2D eigenvalue weighted by atomic mass is 35.5. The normalized spacial score (nSPS) is 13.6. The van der Waals surface area contributed by atoms with Crippen molar-refractivity contribution in [2.24, 2.45) is 0 Å². The van der Waals surface area contributed by atoms with Gasteiger partial charge < -0.3 is 19.9 Å². The van der Waals surface area contributed by atoms with Crippen LogP contribution in [0, 0.1) is 6.92 Å². The Kier molecular flexibility index (Phi) is 7.50. The van der Waals surface area contributed by atoms with Gasteiger partial charge in [0.05, 0.1) is 6.61 Å². The van der Waals surface area contributed by atoms with Crippen molar-refractivity contribution in [2.75, 3.05) is 19.8 Å². The molecule has 0 aliphatic heterocycles. The van der Waals surface area contributed by atoms with Crippen molar-refractivity contribution >= 4 is 17.6 Å². The standard InChI is InChI=1S/C15H22ClNO4/c1-4-20-15(19)11(3)17-8-12(18)9-21-13-5-6-14(16)10(2)7-13/h5-7,11-12,17-18H,4,8-9H2,1-3H3. The van der Waals surface area contributed by atoms with Crippen molar-refractivity contribution in [3.05, 3.63) is 28.8 Å². The molecule has 6 heteroatoms. The van der Waals surface area contributed by atoms with Crippen LogP contribution in [0.15, 0.2) is 18.2 Å². The van der Waals surface area contributed by atoms with E-state index in [0.717, 1.165) is 5.56 Å². The Morgan fingerprint density at radius 3 is 2.81 bits per heavy atom. The van der Waals surface area contributed by atoms with Gasteiger partial charge in [-0.15, -0.1) is 0 Å². The lowest BCUT2D eigenvalue weighted by molar-refractivity contribution is -0.145. The third-order valence-electron chi connectivity index (χ3n) is 2.87. The number of carbonyl (C=O) groups excluding carboxylic acids is 1. The van der Waals surface area contributed by atoms with E-state index in [-0.39, 0.29) is 19.1 Å². The highest BCUT2D eigenvalue weighted by Gasteiger charge is 2.15. The van der Waals surface area contributed by atoms with Crippen LogP contribution in [-0.4, -0.2) is 43.0 Å². The van der Waals surface area contributed by atoms with Crippen molar-refractivity contribution < 1.29 is 19.4 Å². The number of rotatable bonds is 8. The van der Waals surface area contributed by atoms with Gasteiger partial charge in [-0.25, -0.2) is 0 Å². The van der Waals surface area contributed by atoms with Gasteiger partial charge in [-0.3, -0.25) is 4.79 Å². The Labute approximate surface area is 130 Å². The second-order valence-electron chi connectivity index (χ2n) is 4.76. The van der Waals surface area contributed by atoms with E-state index in [1.165, 1.54) is 0 Å². The third-order valence-corrected chi connectivity index (χ3v) is 3.30. The molecule has 0 aliphatic carbocycles. The van der Waals surface area contributed by atoms with E-state index in [4.69, 9.17) is 21.1 Å². The van der Waals surface area contributed by atoms with Crippen LogP contribution in [0.1, 0.15) is 19.4 Å². The number of nitrogens with one attached hydrogen (secondary N) is 1. The molecule has 2 N–H and O–H groups in total. The van der Waals surface area contributed by atoms with Gasteiger partial charge in [-0.1, -0.05) is 11.6 Å². The molecule has 0 fully saturated rings. The Morgan fingerprint density at radius 1 is 1.48 bits per heavy atom. The van der Waals surface area contributed by atoms with Crippen molar-refractivity contribution in [2.45, 2.75) is 32.9 Å². The van der Waals surface area contributed by atoms with Gasteiger partial charge in [0.15, 0.2) is 0 Å². The number of aliphatic hydroxyl groups is 1. The van der Waals surface area contributed by atoms with Gasteiger partial charge >= 0.3 is 5.97 Å². The lowest BCUT2D eigenvalue weighted by Gasteiger charge is -2.17. The number of hydrogen-bond acceptors (Lipinski definition) is 5. The maximum Gasteiger partial charge on any atom is 0.322 e. The predicted molar refractivity (Wildman–Crippen MR) is 81.8 cm³/mol. The number of aryl methyl sites for hydroxylation is 1. The fourth-order valence-corrected chi connectivity index (χ4v) is 1.74. The van der Waals surface area contributed by atoms with Crippen molar-refractivity contribution in [3.63, 3.8) is 0 Å². The zero-order valence-corrected chi connectivity index (χ0v) is 13.3. The second-order valence-corrected chi connectivity index (χ2v) is 5.17. The van der Waals surface area contributed by atoms with Gasteiger partial charge in [-0.2, -0.15) is 0 Å². The number of benzene rings is 1. The van der Waals surface area contributed by atoms with Crippen LogP contribution >= 0.6 is 11.6 Å². The number of aliphatic hydroxyl groups excluding tert-OH is 1. The molecule has 118 valence electrons. The minimum absolute atomic E-state index is 0.129.